The second kappa shape index (κ2) is 4.99. The standard InChI is InChI=1S/C12H11NO3/c1-3-5-11(14)13-10-7-4-6-9(8(10)2)12(15)16/h4,6-7H,1-2H3,(H,13,14)(H,15,16). The maximum absolute atomic E-state index is 11.2. The fourth-order valence-corrected chi connectivity index (χ4v) is 1.27. The summed E-state index contributed by atoms with van der Waals surface area (Å²) in [5.74, 6) is 3.32. The predicted molar refractivity (Wildman–Crippen MR) is 60.2 cm³/mol. The van der Waals surface area contributed by atoms with E-state index in [1.807, 2.05) is 0 Å². The molecule has 82 valence electrons. The molecule has 0 aliphatic heterocycles. The zero-order valence-corrected chi connectivity index (χ0v) is 9.00. The van der Waals surface area contributed by atoms with Crippen molar-refractivity contribution in [2.75, 3.05) is 5.32 Å². The van der Waals surface area contributed by atoms with Gasteiger partial charge in [0.05, 0.1) is 5.56 Å². The number of carbonyl (C=O) groups excluding carboxylic acids is 1. The minimum atomic E-state index is -1.02. The molecule has 0 saturated heterocycles. The summed E-state index contributed by atoms with van der Waals surface area (Å²) in [5, 5.41) is 11.4. The number of rotatable bonds is 2. The van der Waals surface area contributed by atoms with Gasteiger partial charge in [0.2, 0.25) is 0 Å². The number of amides is 1. The number of hydrogen-bond donors (Lipinski definition) is 2. The Labute approximate surface area is 93.3 Å². The van der Waals surface area contributed by atoms with Crippen molar-refractivity contribution in [3.05, 3.63) is 29.3 Å². The highest BCUT2D eigenvalue weighted by Gasteiger charge is 2.10. The molecule has 2 N–H and O–H groups in total. The Hall–Kier alpha value is -2.28. The van der Waals surface area contributed by atoms with Crippen molar-refractivity contribution in [1.82, 2.24) is 0 Å². The lowest BCUT2D eigenvalue weighted by atomic mass is 10.1. The predicted octanol–water partition coefficient (Wildman–Crippen LogP) is 1.66. The first kappa shape index (κ1) is 11.8. The van der Waals surface area contributed by atoms with Gasteiger partial charge in [0.15, 0.2) is 0 Å². The number of carboxylic acid groups (broad SMARTS) is 1. The molecule has 0 bridgehead atoms. The van der Waals surface area contributed by atoms with E-state index in [-0.39, 0.29) is 5.56 Å². The van der Waals surface area contributed by atoms with Crippen molar-refractivity contribution < 1.29 is 14.7 Å². The summed E-state index contributed by atoms with van der Waals surface area (Å²) in [6.07, 6.45) is 0. The van der Waals surface area contributed by atoms with Gasteiger partial charge in [-0.25, -0.2) is 4.79 Å². The number of hydrogen-bond acceptors (Lipinski definition) is 2. The van der Waals surface area contributed by atoms with Gasteiger partial charge in [0, 0.05) is 5.69 Å². The van der Waals surface area contributed by atoms with Crippen LogP contribution in [0.25, 0.3) is 0 Å². The molecule has 0 unspecified atom stereocenters. The van der Waals surface area contributed by atoms with E-state index in [1.165, 1.54) is 6.07 Å². The van der Waals surface area contributed by atoms with Crippen LogP contribution in [0.5, 0.6) is 0 Å². The first-order valence-corrected chi connectivity index (χ1v) is 4.63. The summed E-state index contributed by atoms with van der Waals surface area (Å²) in [6, 6.07) is 4.70. The first-order valence-electron chi connectivity index (χ1n) is 4.63. The third-order valence-electron chi connectivity index (χ3n) is 2.05. The molecule has 1 aromatic carbocycles. The molecule has 1 amide bonds. The maximum Gasteiger partial charge on any atom is 0.336 e. The summed E-state index contributed by atoms with van der Waals surface area (Å²) in [4.78, 5) is 22.1. The van der Waals surface area contributed by atoms with Crippen molar-refractivity contribution in [1.29, 1.82) is 0 Å². The van der Waals surface area contributed by atoms with Gasteiger partial charge in [-0.15, -0.1) is 0 Å². The molecule has 0 fully saturated rings. The van der Waals surface area contributed by atoms with Crippen molar-refractivity contribution in [2.24, 2.45) is 0 Å². The van der Waals surface area contributed by atoms with Crippen molar-refractivity contribution in [2.45, 2.75) is 13.8 Å². The molecule has 0 radical (unpaired) electrons. The van der Waals surface area contributed by atoms with Crippen LogP contribution in [0.15, 0.2) is 18.2 Å². The fourth-order valence-electron chi connectivity index (χ4n) is 1.27. The van der Waals surface area contributed by atoms with E-state index in [0.29, 0.717) is 11.3 Å². The Bertz CT molecular complexity index is 495. The van der Waals surface area contributed by atoms with Crippen LogP contribution in [0.2, 0.25) is 0 Å². The Morgan fingerprint density at radius 3 is 2.62 bits per heavy atom. The molecular weight excluding hydrogens is 206 g/mol. The van der Waals surface area contributed by atoms with Crippen LogP contribution in [0.1, 0.15) is 22.8 Å². The Morgan fingerprint density at radius 2 is 2.06 bits per heavy atom. The number of nitrogens with one attached hydrogen (secondary N) is 1. The second-order valence-electron chi connectivity index (χ2n) is 3.11. The monoisotopic (exact) mass is 217 g/mol. The normalized spacial score (nSPS) is 8.88. The topological polar surface area (TPSA) is 66.4 Å². The van der Waals surface area contributed by atoms with Crippen LogP contribution in [-0.4, -0.2) is 17.0 Å². The van der Waals surface area contributed by atoms with Gasteiger partial charge in [-0.2, -0.15) is 0 Å². The third-order valence-corrected chi connectivity index (χ3v) is 2.05. The molecule has 0 aliphatic rings. The Morgan fingerprint density at radius 1 is 1.38 bits per heavy atom. The largest absolute Gasteiger partial charge is 0.478 e. The molecule has 16 heavy (non-hydrogen) atoms. The molecule has 0 aliphatic carbocycles. The molecule has 1 aromatic rings. The average Bonchev–Trinajstić information content (AvgIpc) is 2.21. The van der Waals surface area contributed by atoms with E-state index in [9.17, 15) is 9.59 Å². The van der Waals surface area contributed by atoms with Crippen LogP contribution in [-0.2, 0) is 4.79 Å². The maximum atomic E-state index is 11.2. The number of carbonyl (C=O) groups is 2. The lowest BCUT2D eigenvalue weighted by Gasteiger charge is -2.07. The number of benzene rings is 1. The van der Waals surface area contributed by atoms with E-state index >= 15 is 0 Å². The summed E-state index contributed by atoms with van der Waals surface area (Å²) in [7, 11) is 0. The van der Waals surface area contributed by atoms with Gasteiger partial charge in [-0.3, -0.25) is 4.79 Å². The van der Waals surface area contributed by atoms with Crippen LogP contribution in [0, 0.1) is 18.8 Å². The Balaban J connectivity index is 3.05. The van der Waals surface area contributed by atoms with Crippen molar-refractivity contribution >= 4 is 17.6 Å². The average molecular weight is 217 g/mol. The SMILES string of the molecule is CC#CC(=O)Nc1cccc(C(=O)O)c1C. The fraction of sp³-hybridized carbons (Fsp3) is 0.167. The number of aromatic carboxylic acids is 1. The quantitative estimate of drug-likeness (QED) is 0.740. The van der Waals surface area contributed by atoms with Gasteiger partial charge in [-0.05, 0) is 37.5 Å². The lowest BCUT2D eigenvalue weighted by Crippen LogP contribution is -2.11. The molecule has 4 heteroatoms. The second-order valence-corrected chi connectivity index (χ2v) is 3.11. The number of anilines is 1. The highest BCUT2D eigenvalue weighted by molar-refractivity contribution is 6.05. The molecule has 0 saturated carbocycles. The van der Waals surface area contributed by atoms with Gasteiger partial charge >= 0.3 is 5.97 Å². The highest BCUT2D eigenvalue weighted by atomic mass is 16.4. The number of carboxylic acids is 1. The molecule has 0 spiro atoms. The zero-order valence-electron chi connectivity index (χ0n) is 9.00. The Kier molecular flexibility index (Phi) is 3.67. The van der Waals surface area contributed by atoms with Gasteiger partial charge in [-0.1, -0.05) is 12.0 Å². The van der Waals surface area contributed by atoms with Crippen LogP contribution < -0.4 is 5.32 Å². The van der Waals surface area contributed by atoms with Crippen LogP contribution in [0.4, 0.5) is 5.69 Å². The van der Waals surface area contributed by atoms with Gasteiger partial charge in [0.1, 0.15) is 0 Å². The van der Waals surface area contributed by atoms with Crippen LogP contribution in [0.3, 0.4) is 0 Å². The van der Waals surface area contributed by atoms with Crippen molar-refractivity contribution in [3.8, 4) is 11.8 Å². The smallest absolute Gasteiger partial charge is 0.336 e. The first-order chi connectivity index (χ1) is 7.56. The molecule has 0 aromatic heterocycles. The summed E-state index contributed by atoms with van der Waals surface area (Å²) < 4.78 is 0. The van der Waals surface area contributed by atoms with Crippen LogP contribution >= 0.6 is 0 Å². The van der Waals surface area contributed by atoms with E-state index < -0.39 is 11.9 Å². The molecular formula is C12H11NO3. The summed E-state index contributed by atoms with van der Waals surface area (Å²) in [6.45, 7) is 3.19. The minimum absolute atomic E-state index is 0.169. The van der Waals surface area contributed by atoms with E-state index in [4.69, 9.17) is 5.11 Å². The summed E-state index contributed by atoms with van der Waals surface area (Å²) in [5.41, 5.74) is 1.15. The van der Waals surface area contributed by atoms with E-state index in [1.54, 1.807) is 26.0 Å². The minimum Gasteiger partial charge on any atom is -0.478 e. The van der Waals surface area contributed by atoms with Gasteiger partial charge < -0.3 is 10.4 Å². The lowest BCUT2D eigenvalue weighted by molar-refractivity contribution is -0.111. The summed E-state index contributed by atoms with van der Waals surface area (Å²) >= 11 is 0. The molecule has 0 heterocycles. The molecule has 1 rings (SSSR count). The van der Waals surface area contributed by atoms with E-state index in [2.05, 4.69) is 17.2 Å². The van der Waals surface area contributed by atoms with Crippen molar-refractivity contribution in [3.63, 3.8) is 0 Å². The zero-order chi connectivity index (χ0) is 12.1. The third kappa shape index (κ3) is 2.61. The highest BCUT2D eigenvalue weighted by Crippen LogP contribution is 2.18. The molecule has 0 atom stereocenters. The molecule has 4 nitrogen and oxygen atoms in total. The van der Waals surface area contributed by atoms with E-state index in [0.717, 1.165) is 0 Å². The van der Waals surface area contributed by atoms with Gasteiger partial charge in [0.25, 0.3) is 5.91 Å².